The third-order valence-corrected chi connectivity index (χ3v) is 2.74. The molecule has 0 unspecified atom stereocenters. The van der Waals surface area contributed by atoms with Crippen molar-refractivity contribution in [1.82, 2.24) is 10.2 Å². The van der Waals surface area contributed by atoms with Crippen LogP contribution in [0.5, 0.6) is 5.75 Å². The van der Waals surface area contributed by atoms with Crippen molar-refractivity contribution >= 4 is 23.2 Å². The normalized spacial score (nSPS) is 10.1. The van der Waals surface area contributed by atoms with Gasteiger partial charge in [-0.3, -0.25) is 4.79 Å². The molecule has 19 heavy (non-hydrogen) atoms. The molecule has 0 aliphatic heterocycles. The van der Waals surface area contributed by atoms with Gasteiger partial charge in [0.1, 0.15) is 5.75 Å². The highest BCUT2D eigenvalue weighted by Gasteiger charge is 2.09. The Hall–Kier alpha value is -2.14. The number of benzene rings is 1. The van der Waals surface area contributed by atoms with Gasteiger partial charge in [-0.15, -0.1) is 5.10 Å². The van der Waals surface area contributed by atoms with Crippen molar-refractivity contribution in [2.24, 2.45) is 0 Å². The lowest BCUT2D eigenvalue weighted by Gasteiger charge is -2.07. The first-order valence-electron chi connectivity index (χ1n) is 5.55. The van der Waals surface area contributed by atoms with E-state index in [4.69, 9.17) is 16.3 Å². The number of halogens is 1. The predicted octanol–water partition coefficient (Wildman–Crippen LogP) is 2.70. The second kappa shape index (κ2) is 5.67. The molecule has 2 rings (SSSR count). The second-order valence-electron chi connectivity index (χ2n) is 3.86. The third-order valence-electron chi connectivity index (χ3n) is 2.44. The molecule has 1 aromatic heterocycles. The molecule has 0 spiro atoms. The summed E-state index contributed by atoms with van der Waals surface area (Å²) in [6.07, 6.45) is 0. The molecule has 1 aromatic carbocycles. The van der Waals surface area contributed by atoms with Gasteiger partial charge in [-0.2, -0.15) is 5.10 Å². The first-order chi connectivity index (χ1) is 9.10. The molecule has 0 bridgehead atoms. The van der Waals surface area contributed by atoms with E-state index < -0.39 is 0 Å². The van der Waals surface area contributed by atoms with Gasteiger partial charge in [0, 0.05) is 5.69 Å². The molecule has 0 fully saturated rings. The van der Waals surface area contributed by atoms with Crippen molar-refractivity contribution in [3.63, 3.8) is 0 Å². The zero-order chi connectivity index (χ0) is 13.8. The van der Waals surface area contributed by atoms with Crippen molar-refractivity contribution in [3.05, 3.63) is 46.7 Å². The van der Waals surface area contributed by atoms with Crippen molar-refractivity contribution in [2.75, 3.05) is 12.4 Å². The van der Waals surface area contributed by atoms with E-state index >= 15 is 0 Å². The first-order valence-corrected chi connectivity index (χ1v) is 5.93. The van der Waals surface area contributed by atoms with Crippen LogP contribution in [0, 0.1) is 6.92 Å². The van der Waals surface area contributed by atoms with Crippen LogP contribution in [0.15, 0.2) is 30.3 Å². The van der Waals surface area contributed by atoms with E-state index in [9.17, 15) is 4.79 Å². The lowest BCUT2D eigenvalue weighted by Crippen LogP contribution is -2.14. The van der Waals surface area contributed by atoms with E-state index in [0.29, 0.717) is 16.5 Å². The van der Waals surface area contributed by atoms with Crippen LogP contribution >= 0.6 is 11.6 Å². The molecule has 0 aliphatic carbocycles. The Morgan fingerprint density at radius 3 is 2.63 bits per heavy atom. The smallest absolute Gasteiger partial charge is 0.276 e. The fourth-order valence-corrected chi connectivity index (χ4v) is 1.72. The van der Waals surface area contributed by atoms with Crippen molar-refractivity contribution in [3.8, 4) is 5.75 Å². The molecule has 5 nitrogen and oxygen atoms in total. The summed E-state index contributed by atoms with van der Waals surface area (Å²) in [5.74, 6) is 0.212. The van der Waals surface area contributed by atoms with E-state index in [1.807, 2.05) is 0 Å². The van der Waals surface area contributed by atoms with E-state index in [1.165, 1.54) is 7.11 Å². The van der Waals surface area contributed by atoms with Gasteiger partial charge in [-0.25, -0.2) is 0 Å². The summed E-state index contributed by atoms with van der Waals surface area (Å²) in [5, 5.41) is 10.8. The van der Waals surface area contributed by atoms with Gasteiger partial charge in [0.2, 0.25) is 0 Å². The monoisotopic (exact) mass is 277 g/mol. The fourth-order valence-electron chi connectivity index (χ4n) is 1.46. The Balaban J connectivity index is 2.14. The number of amides is 1. The summed E-state index contributed by atoms with van der Waals surface area (Å²) in [6.45, 7) is 1.80. The van der Waals surface area contributed by atoms with Crippen LogP contribution < -0.4 is 10.1 Å². The number of aromatic nitrogens is 2. The van der Waals surface area contributed by atoms with Crippen LogP contribution in [-0.2, 0) is 0 Å². The maximum absolute atomic E-state index is 11.9. The number of hydrogen-bond acceptors (Lipinski definition) is 4. The van der Waals surface area contributed by atoms with Crippen LogP contribution in [0.4, 0.5) is 5.69 Å². The lowest BCUT2D eigenvalue weighted by molar-refractivity contribution is 0.102. The second-order valence-corrected chi connectivity index (χ2v) is 4.27. The number of anilines is 1. The van der Waals surface area contributed by atoms with Gasteiger partial charge in [0.15, 0.2) is 5.69 Å². The number of rotatable bonds is 3. The Morgan fingerprint density at radius 1 is 1.26 bits per heavy atom. The molecular formula is C13H12ClN3O2. The van der Waals surface area contributed by atoms with Gasteiger partial charge in [-0.1, -0.05) is 11.6 Å². The SMILES string of the molecule is COc1ccc(NC(=O)c2ccc(C)nn2)cc1Cl. The first kappa shape index (κ1) is 13.3. The highest BCUT2D eigenvalue weighted by molar-refractivity contribution is 6.32. The summed E-state index contributed by atoms with van der Waals surface area (Å²) in [7, 11) is 1.53. The molecule has 1 amide bonds. The Morgan fingerprint density at radius 2 is 2.05 bits per heavy atom. The lowest BCUT2D eigenvalue weighted by atomic mass is 10.2. The number of nitrogens with zero attached hydrogens (tertiary/aromatic N) is 2. The summed E-state index contributed by atoms with van der Waals surface area (Å²) in [6, 6.07) is 8.33. The zero-order valence-corrected chi connectivity index (χ0v) is 11.2. The minimum atomic E-state index is -0.339. The molecule has 1 heterocycles. The molecule has 6 heteroatoms. The van der Waals surface area contributed by atoms with Crippen LogP contribution in [0.3, 0.4) is 0 Å². The molecule has 0 radical (unpaired) electrons. The number of aryl methyl sites for hydroxylation is 1. The average molecular weight is 278 g/mol. The minimum absolute atomic E-state index is 0.248. The number of hydrogen-bond donors (Lipinski definition) is 1. The highest BCUT2D eigenvalue weighted by atomic mass is 35.5. The van der Waals surface area contributed by atoms with E-state index in [2.05, 4.69) is 15.5 Å². The highest BCUT2D eigenvalue weighted by Crippen LogP contribution is 2.27. The summed E-state index contributed by atoms with van der Waals surface area (Å²) in [5.41, 5.74) is 1.57. The third kappa shape index (κ3) is 3.20. The molecule has 2 aromatic rings. The van der Waals surface area contributed by atoms with Crippen LogP contribution in [0.2, 0.25) is 5.02 Å². The minimum Gasteiger partial charge on any atom is -0.495 e. The summed E-state index contributed by atoms with van der Waals surface area (Å²) >= 11 is 5.98. The maximum atomic E-state index is 11.9. The van der Waals surface area contributed by atoms with E-state index in [0.717, 1.165) is 5.69 Å². The topological polar surface area (TPSA) is 64.1 Å². The van der Waals surface area contributed by atoms with Crippen molar-refractivity contribution in [1.29, 1.82) is 0 Å². The Labute approximate surface area is 115 Å². The number of ether oxygens (including phenoxy) is 1. The van der Waals surface area contributed by atoms with Crippen LogP contribution in [0.1, 0.15) is 16.2 Å². The largest absolute Gasteiger partial charge is 0.495 e. The number of carbonyl (C=O) groups is 1. The van der Waals surface area contributed by atoms with Gasteiger partial charge in [-0.05, 0) is 37.3 Å². The molecule has 0 atom stereocenters. The molecular weight excluding hydrogens is 266 g/mol. The Bertz CT molecular complexity index is 599. The van der Waals surface area contributed by atoms with Crippen molar-refractivity contribution < 1.29 is 9.53 Å². The van der Waals surface area contributed by atoms with E-state index in [-0.39, 0.29) is 11.6 Å². The molecule has 0 saturated heterocycles. The van der Waals surface area contributed by atoms with Crippen LogP contribution in [0.25, 0.3) is 0 Å². The van der Waals surface area contributed by atoms with Crippen LogP contribution in [-0.4, -0.2) is 23.2 Å². The summed E-state index contributed by atoms with van der Waals surface area (Å²) < 4.78 is 5.04. The quantitative estimate of drug-likeness (QED) is 0.937. The number of carbonyl (C=O) groups excluding carboxylic acids is 1. The van der Waals surface area contributed by atoms with Gasteiger partial charge in [0.25, 0.3) is 5.91 Å². The number of methoxy groups -OCH3 is 1. The molecule has 1 N–H and O–H groups in total. The standard InChI is InChI=1S/C13H12ClN3O2/c1-8-3-5-11(17-16-8)13(18)15-9-4-6-12(19-2)10(14)7-9/h3-7H,1-2H3,(H,15,18). The fraction of sp³-hybridized carbons (Fsp3) is 0.154. The van der Waals surface area contributed by atoms with Gasteiger partial charge >= 0.3 is 0 Å². The molecule has 98 valence electrons. The summed E-state index contributed by atoms with van der Waals surface area (Å²) in [4.78, 5) is 11.9. The average Bonchev–Trinajstić information content (AvgIpc) is 2.39. The van der Waals surface area contributed by atoms with Gasteiger partial charge < -0.3 is 10.1 Å². The molecule has 0 saturated carbocycles. The Kier molecular flexibility index (Phi) is 3.97. The van der Waals surface area contributed by atoms with E-state index in [1.54, 1.807) is 37.3 Å². The predicted molar refractivity (Wildman–Crippen MR) is 72.7 cm³/mol. The zero-order valence-electron chi connectivity index (χ0n) is 10.5. The van der Waals surface area contributed by atoms with Crippen molar-refractivity contribution in [2.45, 2.75) is 6.92 Å². The molecule has 0 aliphatic rings. The number of nitrogens with one attached hydrogen (secondary N) is 1. The van der Waals surface area contributed by atoms with Gasteiger partial charge in [0.05, 0.1) is 17.8 Å². The maximum Gasteiger partial charge on any atom is 0.276 e.